The standard InChI is InChI=1S/C7H17NO2S2/c1-4-12(9,10)8-6-5-7(2)11-3/h7-8H,4-6H2,1-3H3. The van der Waals surface area contributed by atoms with Crippen LogP contribution < -0.4 is 4.72 Å². The van der Waals surface area contributed by atoms with E-state index in [1.54, 1.807) is 18.7 Å². The van der Waals surface area contributed by atoms with Gasteiger partial charge in [-0.1, -0.05) is 6.92 Å². The molecule has 0 saturated heterocycles. The van der Waals surface area contributed by atoms with Crippen LogP contribution in [0.15, 0.2) is 0 Å². The van der Waals surface area contributed by atoms with Crippen LogP contribution in [-0.4, -0.2) is 32.2 Å². The number of hydrogen-bond acceptors (Lipinski definition) is 3. The van der Waals surface area contributed by atoms with Crippen LogP contribution in [0.3, 0.4) is 0 Å². The summed E-state index contributed by atoms with van der Waals surface area (Å²) in [6.45, 7) is 4.28. The molecule has 74 valence electrons. The van der Waals surface area contributed by atoms with Crippen LogP contribution in [0.5, 0.6) is 0 Å². The SMILES string of the molecule is CCS(=O)(=O)NCCC(C)SC. The average molecular weight is 211 g/mol. The maximum absolute atomic E-state index is 11.0. The summed E-state index contributed by atoms with van der Waals surface area (Å²) in [5, 5.41) is 0.518. The van der Waals surface area contributed by atoms with E-state index < -0.39 is 10.0 Å². The number of sulfonamides is 1. The monoisotopic (exact) mass is 211 g/mol. The highest BCUT2D eigenvalue weighted by Crippen LogP contribution is 2.08. The van der Waals surface area contributed by atoms with E-state index in [1.165, 1.54) is 0 Å². The van der Waals surface area contributed by atoms with Crippen LogP contribution in [0.2, 0.25) is 0 Å². The average Bonchev–Trinajstić information content (AvgIpc) is 2.04. The summed E-state index contributed by atoms with van der Waals surface area (Å²) in [5.74, 6) is 0.167. The summed E-state index contributed by atoms with van der Waals surface area (Å²) >= 11 is 1.75. The Morgan fingerprint density at radius 1 is 1.50 bits per heavy atom. The van der Waals surface area contributed by atoms with E-state index in [0.717, 1.165) is 6.42 Å². The van der Waals surface area contributed by atoms with Gasteiger partial charge in [0.05, 0.1) is 5.75 Å². The van der Waals surface area contributed by atoms with E-state index in [4.69, 9.17) is 0 Å². The number of nitrogens with one attached hydrogen (secondary N) is 1. The van der Waals surface area contributed by atoms with Gasteiger partial charge in [0.1, 0.15) is 0 Å². The van der Waals surface area contributed by atoms with Crippen LogP contribution in [-0.2, 0) is 10.0 Å². The summed E-state index contributed by atoms with van der Waals surface area (Å²) in [6.07, 6.45) is 2.92. The van der Waals surface area contributed by atoms with Crippen molar-refractivity contribution in [3.63, 3.8) is 0 Å². The molecule has 0 aromatic carbocycles. The molecule has 3 nitrogen and oxygen atoms in total. The molecule has 0 aromatic heterocycles. The molecule has 1 atom stereocenters. The first-order chi connectivity index (χ1) is 5.52. The third-order valence-electron chi connectivity index (χ3n) is 1.66. The van der Waals surface area contributed by atoms with Gasteiger partial charge in [-0.25, -0.2) is 13.1 Å². The zero-order valence-corrected chi connectivity index (χ0v) is 9.46. The molecular weight excluding hydrogens is 194 g/mol. The summed E-state index contributed by atoms with van der Waals surface area (Å²) < 4.78 is 24.4. The lowest BCUT2D eigenvalue weighted by Gasteiger charge is -2.08. The van der Waals surface area contributed by atoms with Crippen molar-refractivity contribution in [3.05, 3.63) is 0 Å². The molecule has 0 aliphatic heterocycles. The second-order valence-corrected chi connectivity index (χ2v) is 6.00. The summed E-state index contributed by atoms with van der Waals surface area (Å²) in [5.41, 5.74) is 0. The Morgan fingerprint density at radius 3 is 2.50 bits per heavy atom. The van der Waals surface area contributed by atoms with Gasteiger partial charge >= 0.3 is 0 Å². The highest BCUT2D eigenvalue weighted by atomic mass is 32.2. The first-order valence-corrected chi connectivity index (χ1v) is 6.96. The molecular formula is C7H17NO2S2. The number of hydrogen-bond donors (Lipinski definition) is 1. The lowest BCUT2D eigenvalue weighted by atomic mass is 10.3. The lowest BCUT2D eigenvalue weighted by Crippen LogP contribution is -2.27. The van der Waals surface area contributed by atoms with Gasteiger partial charge in [-0.3, -0.25) is 0 Å². The van der Waals surface area contributed by atoms with E-state index in [9.17, 15) is 8.42 Å². The minimum Gasteiger partial charge on any atom is -0.215 e. The molecule has 5 heteroatoms. The molecule has 0 aromatic rings. The molecule has 0 aliphatic rings. The zero-order chi connectivity index (χ0) is 9.61. The molecule has 0 heterocycles. The van der Waals surface area contributed by atoms with Crippen molar-refractivity contribution in [2.24, 2.45) is 0 Å². The highest BCUT2D eigenvalue weighted by molar-refractivity contribution is 7.99. The predicted octanol–water partition coefficient (Wildman–Crippen LogP) is 1.07. The van der Waals surface area contributed by atoms with Crippen LogP contribution in [0.1, 0.15) is 20.3 Å². The number of rotatable bonds is 6. The molecule has 12 heavy (non-hydrogen) atoms. The molecule has 0 fully saturated rings. The van der Waals surface area contributed by atoms with E-state index in [-0.39, 0.29) is 5.75 Å². The Morgan fingerprint density at radius 2 is 2.08 bits per heavy atom. The Kier molecular flexibility index (Phi) is 5.96. The quantitative estimate of drug-likeness (QED) is 0.715. The normalized spacial score (nSPS) is 14.6. The highest BCUT2D eigenvalue weighted by Gasteiger charge is 2.06. The topological polar surface area (TPSA) is 46.2 Å². The largest absolute Gasteiger partial charge is 0.215 e. The van der Waals surface area contributed by atoms with E-state index in [1.807, 2.05) is 6.26 Å². The van der Waals surface area contributed by atoms with Crippen molar-refractivity contribution in [1.29, 1.82) is 0 Å². The van der Waals surface area contributed by atoms with Crippen molar-refractivity contribution in [3.8, 4) is 0 Å². The van der Waals surface area contributed by atoms with E-state index >= 15 is 0 Å². The van der Waals surface area contributed by atoms with Gasteiger partial charge in [0, 0.05) is 11.8 Å². The van der Waals surface area contributed by atoms with Crippen molar-refractivity contribution < 1.29 is 8.42 Å². The van der Waals surface area contributed by atoms with Crippen LogP contribution >= 0.6 is 11.8 Å². The van der Waals surface area contributed by atoms with Crippen molar-refractivity contribution in [2.45, 2.75) is 25.5 Å². The second-order valence-electron chi connectivity index (χ2n) is 2.63. The summed E-state index contributed by atoms with van der Waals surface area (Å²) in [7, 11) is -2.98. The molecule has 0 spiro atoms. The Labute approximate surface area is 79.4 Å². The van der Waals surface area contributed by atoms with Gasteiger partial charge in [-0.05, 0) is 19.6 Å². The maximum Gasteiger partial charge on any atom is 0.211 e. The first-order valence-electron chi connectivity index (χ1n) is 4.02. The molecule has 0 rings (SSSR count). The molecule has 0 bridgehead atoms. The first kappa shape index (κ1) is 12.3. The summed E-state index contributed by atoms with van der Waals surface area (Å²) in [4.78, 5) is 0. The van der Waals surface area contributed by atoms with Gasteiger partial charge in [0.2, 0.25) is 10.0 Å². The fourth-order valence-electron chi connectivity index (χ4n) is 0.638. The summed E-state index contributed by atoms with van der Waals surface area (Å²) in [6, 6.07) is 0. The van der Waals surface area contributed by atoms with Crippen LogP contribution in [0, 0.1) is 0 Å². The zero-order valence-electron chi connectivity index (χ0n) is 7.83. The second kappa shape index (κ2) is 5.83. The Balaban J connectivity index is 3.57. The molecule has 0 saturated carbocycles. The molecule has 0 amide bonds. The Hall–Kier alpha value is 0.260. The minimum absolute atomic E-state index is 0.167. The fraction of sp³-hybridized carbons (Fsp3) is 1.00. The van der Waals surface area contributed by atoms with Crippen molar-refractivity contribution in [1.82, 2.24) is 4.72 Å². The van der Waals surface area contributed by atoms with Crippen LogP contribution in [0.4, 0.5) is 0 Å². The van der Waals surface area contributed by atoms with Crippen molar-refractivity contribution >= 4 is 21.8 Å². The predicted molar refractivity (Wildman–Crippen MR) is 55.1 cm³/mol. The third kappa shape index (κ3) is 5.85. The molecule has 1 unspecified atom stereocenters. The smallest absolute Gasteiger partial charge is 0.211 e. The lowest BCUT2D eigenvalue weighted by molar-refractivity contribution is 0.580. The molecule has 0 radical (unpaired) electrons. The molecule has 0 aliphatic carbocycles. The molecule has 1 N–H and O–H groups in total. The van der Waals surface area contributed by atoms with Gasteiger partial charge in [0.25, 0.3) is 0 Å². The maximum atomic E-state index is 11.0. The van der Waals surface area contributed by atoms with Gasteiger partial charge in [0.15, 0.2) is 0 Å². The van der Waals surface area contributed by atoms with Crippen LogP contribution in [0.25, 0.3) is 0 Å². The minimum atomic E-state index is -2.98. The fourth-order valence-corrected chi connectivity index (χ4v) is 1.62. The van der Waals surface area contributed by atoms with Gasteiger partial charge in [-0.2, -0.15) is 11.8 Å². The third-order valence-corrected chi connectivity index (χ3v) is 4.10. The number of thioether (sulfide) groups is 1. The van der Waals surface area contributed by atoms with Crippen molar-refractivity contribution in [2.75, 3.05) is 18.6 Å². The van der Waals surface area contributed by atoms with Gasteiger partial charge < -0.3 is 0 Å². The van der Waals surface area contributed by atoms with E-state index in [2.05, 4.69) is 11.6 Å². The Bertz CT molecular complexity index is 201. The van der Waals surface area contributed by atoms with Gasteiger partial charge in [-0.15, -0.1) is 0 Å². The van der Waals surface area contributed by atoms with E-state index in [0.29, 0.717) is 11.8 Å².